The van der Waals surface area contributed by atoms with E-state index in [1.807, 2.05) is 0 Å². The molecule has 0 aromatic rings. The second kappa shape index (κ2) is 5.16. The molecule has 88 valence electrons. The van der Waals surface area contributed by atoms with E-state index in [0.717, 1.165) is 5.92 Å². The van der Waals surface area contributed by atoms with Crippen LogP contribution in [0.3, 0.4) is 0 Å². The van der Waals surface area contributed by atoms with Gasteiger partial charge < -0.3 is 0 Å². The quantitative estimate of drug-likeness (QED) is 0.627. The van der Waals surface area contributed by atoms with Gasteiger partial charge in [0.15, 0.2) is 0 Å². The third-order valence-electron chi connectivity index (χ3n) is 3.76. The maximum atomic E-state index is 2.50. The highest BCUT2D eigenvalue weighted by Crippen LogP contribution is 2.32. The molecular formula is C14H27N. The van der Waals surface area contributed by atoms with E-state index in [1.54, 1.807) is 11.1 Å². The first kappa shape index (κ1) is 12.8. The molecule has 1 nitrogen and oxygen atoms in total. The number of likely N-dealkylation sites (N-methyl/N-ethyl adjacent to an activating group) is 1. The third kappa shape index (κ3) is 2.84. The summed E-state index contributed by atoms with van der Waals surface area (Å²) >= 11 is 0. The second-order valence-electron chi connectivity index (χ2n) is 5.55. The van der Waals surface area contributed by atoms with Crippen molar-refractivity contribution in [3.8, 4) is 0 Å². The molecule has 15 heavy (non-hydrogen) atoms. The lowest BCUT2D eigenvalue weighted by atomic mass is 9.85. The number of hydrogen-bond donors (Lipinski definition) is 0. The molecular weight excluding hydrogens is 182 g/mol. The Bertz CT molecular complexity index is 238. The van der Waals surface area contributed by atoms with Crippen LogP contribution < -0.4 is 0 Å². The van der Waals surface area contributed by atoms with Gasteiger partial charge in [-0.3, -0.25) is 4.90 Å². The monoisotopic (exact) mass is 209 g/mol. The van der Waals surface area contributed by atoms with Crippen molar-refractivity contribution in [2.24, 2.45) is 11.8 Å². The molecule has 0 saturated heterocycles. The van der Waals surface area contributed by atoms with Crippen molar-refractivity contribution in [1.29, 1.82) is 0 Å². The molecule has 0 saturated carbocycles. The first-order chi connectivity index (χ1) is 6.95. The molecule has 0 spiro atoms. The minimum atomic E-state index is 0.630. The van der Waals surface area contributed by atoms with Gasteiger partial charge in [-0.05, 0) is 45.2 Å². The Balaban J connectivity index is 3.08. The minimum Gasteiger partial charge on any atom is -0.300 e. The van der Waals surface area contributed by atoms with E-state index in [2.05, 4.69) is 46.6 Å². The average molecular weight is 209 g/mol. The molecule has 1 heterocycles. The molecule has 1 aliphatic heterocycles. The van der Waals surface area contributed by atoms with Crippen LogP contribution in [0.15, 0.2) is 11.1 Å². The smallest absolute Gasteiger partial charge is 0.0281 e. The summed E-state index contributed by atoms with van der Waals surface area (Å²) in [6, 6.07) is 0.630. The van der Waals surface area contributed by atoms with Crippen LogP contribution in [0.5, 0.6) is 0 Å². The van der Waals surface area contributed by atoms with E-state index in [-0.39, 0.29) is 0 Å². The van der Waals surface area contributed by atoms with Gasteiger partial charge >= 0.3 is 0 Å². The Morgan fingerprint density at radius 2 is 1.73 bits per heavy atom. The third-order valence-corrected chi connectivity index (χ3v) is 3.76. The van der Waals surface area contributed by atoms with Crippen LogP contribution in [0.25, 0.3) is 0 Å². The van der Waals surface area contributed by atoms with E-state index in [1.165, 1.54) is 19.4 Å². The standard InChI is InChI=1S/C14H27N/c1-10(2)13-8-7-9-15(6)12(5)14(13)11(3)4/h10-12H,7-9H2,1-6H3. The van der Waals surface area contributed by atoms with Gasteiger partial charge in [-0.15, -0.1) is 0 Å². The fraction of sp³-hybridized carbons (Fsp3) is 0.857. The highest BCUT2D eigenvalue weighted by atomic mass is 15.1. The fourth-order valence-corrected chi connectivity index (χ4v) is 2.84. The maximum Gasteiger partial charge on any atom is 0.0281 e. The lowest BCUT2D eigenvalue weighted by Gasteiger charge is -2.29. The molecule has 1 atom stereocenters. The van der Waals surface area contributed by atoms with Gasteiger partial charge in [0.05, 0.1) is 0 Å². The Hall–Kier alpha value is -0.300. The van der Waals surface area contributed by atoms with Crippen LogP contribution in [-0.2, 0) is 0 Å². The molecule has 0 aliphatic carbocycles. The van der Waals surface area contributed by atoms with E-state index < -0.39 is 0 Å². The van der Waals surface area contributed by atoms with Crippen molar-refractivity contribution in [2.75, 3.05) is 13.6 Å². The summed E-state index contributed by atoms with van der Waals surface area (Å²) in [5.41, 5.74) is 3.42. The Morgan fingerprint density at radius 3 is 2.20 bits per heavy atom. The van der Waals surface area contributed by atoms with E-state index in [4.69, 9.17) is 0 Å². The van der Waals surface area contributed by atoms with E-state index in [0.29, 0.717) is 12.0 Å². The molecule has 0 amide bonds. The van der Waals surface area contributed by atoms with Gasteiger partial charge in [0.25, 0.3) is 0 Å². The van der Waals surface area contributed by atoms with Gasteiger partial charge in [0.1, 0.15) is 0 Å². The van der Waals surface area contributed by atoms with Crippen molar-refractivity contribution in [2.45, 2.75) is 53.5 Å². The summed E-state index contributed by atoms with van der Waals surface area (Å²) in [6.45, 7) is 13.0. The maximum absolute atomic E-state index is 2.50. The lowest BCUT2D eigenvalue weighted by molar-refractivity contribution is 0.281. The SMILES string of the molecule is CC(C)C1=C(C(C)C)C(C)N(C)CCC1. The van der Waals surface area contributed by atoms with Gasteiger partial charge in [-0.2, -0.15) is 0 Å². The summed E-state index contributed by atoms with van der Waals surface area (Å²) in [6.07, 6.45) is 2.63. The fourth-order valence-electron chi connectivity index (χ4n) is 2.84. The highest BCUT2D eigenvalue weighted by molar-refractivity contribution is 5.24. The van der Waals surface area contributed by atoms with Crippen LogP contribution in [0, 0.1) is 11.8 Å². The zero-order chi connectivity index (χ0) is 11.6. The van der Waals surface area contributed by atoms with Crippen LogP contribution in [-0.4, -0.2) is 24.5 Å². The lowest BCUT2D eigenvalue weighted by Crippen LogP contribution is -2.32. The number of nitrogens with zero attached hydrogens (tertiary/aromatic N) is 1. The molecule has 0 bridgehead atoms. The molecule has 0 aromatic heterocycles. The predicted molar refractivity (Wildman–Crippen MR) is 68.0 cm³/mol. The Kier molecular flexibility index (Phi) is 4.39. The predicted octanol–water partition coefficient (Wildman–Crippen LogP) is 3.71. The normalized spacial score (nSPS) is 25.2. The molecule has 0 aromatic carbocycles. The van der Waals surface area contributed by atoms with Crippen LogP contribution >= 0.6 is 0 Å². The second-order valence-corrected chi connectivity index (χ2v) is 5.55. The molecule has 0 radical (unpaired) electrons. The summed E-state index contributed by atoms with van der Waals surface area (Å²) in [4.78, 5) is 2.50. The molecule has 1 unspecified atom stereocenters. The zero-order valence-corrected chi connectivity index (χ0v) is 11.3. The Labute approximate surface area is 95.5 Å². The van der Waals surface area contributed by atoms with Crippen molar-refractivity contribution < 1.29 is 0 Å². The van der Waals surface area contributed by atoms with Gasteiger partial charge in [0, 0.05) is 6.04 Å². The first-order valence-corrected chi connectivity index (χ1v) is 6.38. The number of allylic oxidation sites excluding steroid dienone is 1. The van der Waals surface area contributed by atoms with E-state index >= 15 is 0 Å². The van der Waals surface area contributed by atoms with Crippen molar-refractivity contribution in [3.05, 3.63) is 11.1 Å². The summed E-state index contributed by atoms with van der Waals surface area (Å²) in [5.74, 6) is 1.41. The molecule has 0 fully saturated rings. The highest BCUT2D eigenvalue weighted by Gasteiger charge is 2.24. The van der Waals surface area contributed by atoms with Crippen molar-refractivity contribution in [3.63, 3.8) is 0 Å². The van der Waals surface area contributed by atoms with Gasteiger partial charge in [-0.1, -0.05) is 38.8 Å². The largest absolute Gasteiger partial charge is 0.300 e. The van der Waals surface area contributed by atoms with Crippen molar-refractivity contribution in [1.82, 2.24) is 4.90 Å². The minimum absolute atomic E-state index is 0.630. The summed E-state index contributed by atoms with van der Waals surface area (Å²) in [5, 5.41) is 0. The summed E-state index contributed by atoms with van der Waals surface area (Å²) < 4.78 is 0. The van der Waals surface area contributed by atoms with Crippen LogP contribution in [0.2, 0.25) is 0 Å². The van der Waals surface area contributed by atoms with Gasteiger partial charge in [0.2, 0.25) is 0 Å². The van der Waals surface area contributed by atoms with E-state index in [9.17, 15) is 0 Å². The number of rotatable bonds is 2. The molecule has 0 N–H and O–H groups in total. The Morgan fingerprint density at radius 1 is 1.13 bits per heavy atom. The molecule has 1 heteroatoms. The summed E-state index contributed by atoms with van der Waals surface area (Å²) in [7, 11) is 2.26. The topological polar surface area (TPSA) is 3.24 Å². The first-order valence-electron chi connectivity index (χ1n) is 6.38. The van der Waals surface area contributed by atoms with Crippen LogP contribution in [0.4, 0.5) is 0 Å². The van der Waals surface area contributed by atoms with Crippen LogP contribution in [0.1, 0.15) is 47.5 Å². The number of hydrogen-bond acceptors (Lipinski definition) is 1. The molecule has 1 rings (SSSR count). The van der Waals surface area contributed by atoms with Gasteiger partial charge in [-0.25, -0.2) is 0 Å². The average Bonchev–Trinajstić information content (AvgIpc) is 2.27. The van der Waals surface area contributed by atoms with Crippen molar-refractivity contribution >= 4 is 0 Å². The molecule has 1 aliphatic rings. The zero-order valence-electron chi connectivity index (χ0n) is 11.3.